The number of allylic oxidation sites excluding steroid dienone is 12. The van der Waals surface area contributed by atoms with E-state index in [1.54, 1.807) is 0 Å². The fraction of sp³-hybridized carbons (Fsp3) is 0.455. The van der Waals surface area contributed by atoms with Crippen LogP contribution in [0.15, 0.2) is 70.9 Å². The van der Waals surface area contributed by atoms with E-state index >= 15 is 0 Å². The van der Waals surface area contributed by atoms with Crippen molar-refractivity contribution in [2.45, 2.75) is 67.2 Å². The van der Waals surface area contributed by atoms with E-state index in [2.05, 4.69) is 90.2 Å². The van der Waals surface area contributed by atoms with Crippen molar-refractivity contribution in [1.29, 1.82) is 0 Å². The normalized spacial score (nSPS) is 15.4. The van der Waals surface area contributed by atoms with Gasteiger partial charge in [0, 0.05) is 0 Å². The Morgan fingerprint density at radius 3 is 2.09 bits per heavy atom. The molecule has 0 amide bonds. The standard InChI is InChI=1S/C22H34/c1-7-10-12-14-15-17-20(5)21(6)22(19(4)9-3)18-16-13-11-8-2/h8,10-12,14-16,18H,7,9,13,17H2,1-6H3/b11-8-,12-10-,15-14-,18-16-,21-20+,22-19+. The average Bonchev–Trinajstić information content (AvgIpc) is 2.53. The van der Waals surface area contributed by atoms with Crippen molar-refractivity contribution >= 4 is 0 Å². The minimum Gasteiger partial charge on any atom is -0.0914 e. The Hall–Kier alpha value is -1.56. The second-order valence-corrected chi connectivity index (χ2v) is 5.63. The third kappa shape index (κ3) is 8.67. The van der Waals surface area contributed by atoms with Gasteiger partial charge in [-0.05, 0) is 64.5 Å². The molecule has 0 radical (unpaired) electrons. The van der Waals surface area contributed by atoms with Crippen LogP contribution in [0.1, 0.15) is 67.2 Å². The molecule has 0 fully saturated rings. The van der Waals surface area contributed by atoms with E-state index < -0.39 is 0 Å². The summed E-state index contributed by atoms with van der Waals surface area (Å²) in [5.41, 5.74) is 5.73. The molecule has 0 saturated heterocycles. The van der Waals surface area contributed by atoms with Crippen LogP contribution in [0.5, 0.6) is 0 Å². The summed E-state index contributed by atoms with van der Waals surface area (Å²) in [6.07, 6.45) is 21.8. The predicted molar refractivity (Wildman–Crippen MR) is 103 cm³/mol. The molecule has 22 heavy (non-hydrogen) atoms. The maximum atomic E-state index is 2.29. The van der Waals surface area contributed by atoms with Crippen LogP contribution in [0.3, 0.4) is 0 Å². The predicted octanol–water partition coefficient (Wildman–Crippen LogP) is 7.48. The van der Waals surface area contributed by atoms with Crippen LogP contribution in [0, 0.1) is 0 Å². The lowest BCUT2D eigenvalue weighted by molar-refractivity contribution is 1.05. The first-order chi connectivity index (χ1) is 10.6. The fourth-order valence-corrected chi connectivity index (χ4v) is 2.10. The van der Waals surface area contributed by atoms with Gasteiger partial charge in [-0.2, -0.15) is 0 Å². The molecule has 0 rings (SSSR count). The van der Waals surface area contributed by atoms with Gasteiger partial charge in [-0.25, -0.2) is 0 Å². The lowest BCUT2D eigenvalue weighted by Crippen LogP contribution is -1.92. The Morgan fingerprint density at radius 2 is 1.50 bits per heavy atom. The van der Waals surface area contributed by atoms with E-state index in [1.807, 2.05) is 0 Å². The van der Waals surface area contributed by atoms with Gasteiger partial charge in [0.2, 0.25) is 0 Å². The molecule has 0 saturated carbocycles. The molecule has 0 N–H and O–H groups in total. The van der Waals surface area contributed by atoms with E-state index in [0.29, 0.717) is 0 Å². The van der Waals surface area contributed by atoms with Crippen molar-refractivity contribution in [3.05, 3.63) is 70.9 Å². The molecule has 0 heteroatoms. The maximum Gasteiger partial charge on any atom is -0.0133 e. The Morgan fingerprint density at radius 1 is 0.818 bits per heavy atom. The highest BCUT2D eigenvalue weighted by atomic mass is 14.1. The van der Waals surface area contributed by atoms with Gasteiger partial charge in [0.05, 0.1) is 0 Å². The highest BCUT2D eigenvalue weighted by molar-refractivity contribution is 5.44. The van der Waals surface area contributed by atoms with Crippen molar-refractivity contribution in [3.8, 4) is 0 Å². The first kappa shape index (κ1) is 20.4. The largest absolute Gasteiger partial charge is 0.0914 e. The number of rotatable bonds is 9. The SMILES string of the molecule is C/C=C\C\C=C/C(=C(/C)CC)C(/C)=C(\C)C/C=C\C=C/CC. The molecule has 0 spiro atoms. The van der Waals surface area contributed by atoms with Crippen LogP contribution in [0.4, 0.5) is 0 Å². The van der Waals surface area contributed by atoms with Crippen molar-refractivity contribution in [3.63, 3.8) is 0 Å². The van der Waals surface area contributed by atoms with Gasteiger partial charge in [0.1, 0.15) is 0 Å². The summed E-state index contributed by atoms with van der Waals surface area (Å²) in [5, 5.41) is 0. The van der Waals surface area contributed by atoms with Crippen molar-refractivity contribution in [1.82, 2.24) is 0 Å². The van der Waals surface area contributed by atoms with Crippen molar-refractivity contribution < 1.29 is 0 Å². The minimum atomic E-state index is 1.00. The third-order valence-corrected chi connectivity index (χ3v) is 3.87. The fourth-order valence-electron chi connectivity index (χ4n) is 2.10. The van der Waals surface area contributed by atoms with Gasteiger partial charge in [0.25, 0.3) is 0 Å². The molecule has 0 unspecified atom stereocenters. The molecule has 0 aromatic heterocycles. The van der Waals surface area contributed by atoms with E-state index in [9.17, 15) is 0 Å². The van der Waals surface area contributed by atoms with Crippen LogP contribution in [0.2, 0.25) is 0 Å². The van der Waals surface area contributed by atoms with Gasteiger partial charge in [0.15, 0.2) is 0 Å². The Kier molecular flexibility index (Phi) is 12.2. The van der Waals surface area contributed by atoms with Gasteiger partial charge < -0.3 is 0 Å². The Balaban J connectivity index is 5.12. The molecule has 0 aliphatic carbocycles. The first-order valence-corrected chi connectivity index (χ1v) is 8.54. The van der Waals surface area contributed by atoms with Crippen LogP contribution in [-0.4, -0.2) is 0 Å². The van der Waals surface area contributed by atoms with Crippen LogP contribution < -0.4 is 0 Å². The van der Waals surface area contributed by atoms with E-state index in [4.69, 9.17) is 0 Å². The average molecular weight is 299 g/mol. The molecular formula is C22H34. The molecule has 0 aromatic rings. The summed E-state index contributed by atoms with van der Waals surface area (Å²) >= 11 is 0. The summed E-state index contributed by atoms with van der Waals surface area (Å²) in [5.74, 6) is 0. The quantitative estimate of drug-likeness (QED) is 0.305. The lowest BCUT2D eigenvalue weighted by atomic mass is 9.94. The first-order valence-electron chi connectivity index (χ1n) is 8.54. The molecule has 0 atom stereocenters. The van der Waals surface area contributed by atoms with Crippen molar-refractivity contribution in [2.75, 3.05) is 0 Å². The summed E-state index contributed by atoms with van der Waals surface area (Å²) in [7, 11) is 0. The molecule has 122 valence electrons. The van der Waals surface area contributed by atoms with Gasteiger partial charge in [-0.3, -0.25) is 0 Å². The van der Waals surface area contributed by atoms with Gasteiger partial charge in [-0.1, -0.05) is 73.6 Å². The highest BCUT2D eigenvalue weighted by Crippen LogP contribution is 2.23. The van der Waals surface area contributed by atoms with Crippen LogP contribution in [0.25, 0.3) is 0 Å². The van der Waals surface area contributed by atoms with Crippen LogP contribution in [-0.2, 0) is 0 Å². The monoisotopic (exact) mass is 298 g/mol. The Labute approximate surface area is 138 Å². The molecular weight excluding hydrogens is 264 g/mol. The van der Waals surface area contributed by atoms with Gasteiger partial charge >= 0.3 is 0 Å². The zero-order valence-electron chi connectivity index (χ0n) is 15.4. The minimum absolute atomic E-state index is 1.00. The number of hydrogen-bond donors (Lipinski definition) is 0. The molecule has 0 heterocycles. The maximum absolute atomic E-state index is 2.29. The van der Waals surface area contributed by atoms with E-state index in [0.717, 1.165) is 25.7 Å². The second kappa shape index (κ2) is 13.1. The summed E-state index contributed by atoms with van der Waals surface area (Å²) < 4.78 is 0. The van der Waals surface area contributed by atoms with Gasteiger partial charge in [-0.15, -0.1) is 0 Å². The zero-order chi connectivity index (χ0) is 16.8. The zero-order valence-corrected chi connectivity index (χ0v) is 15.4. The summed E-state index contributed by atoms with van der Waals surface area (Å²) in [6, 6.07) is 0. The second-order valence-electron chi connectivity index (χ2n) is 5.63. The smallest absolute Gasteiger partial charge is 0.0133 e. The highest BCUT2D eigenvalue weighted by Gasteiger charge is 2.03. The third-order valence-electron chi connectivity index (χ3n) is 3.87. The van der Waals surface area contributed by atoms with Crippen LogP contribution >= 0.6 is 0 Å². The molecule has 0 bridgehead atoms. The summed E-state index contributed by atoms with van der Waals surface area (Å²) in [6.45, 7) is 13.2. The van der Waals surface area contributed by atoms with Crippen molar-refractivity contribution in [2.24, 2.45) is 0 Å². The summed E-state index contributed by atoms with van der Waals surface area (Å²) in [4.78, 5) is 0. The molecule has 0 aliphatic rings. The molecule has 0 aliphatic heterocycles. The van der Waals surface area contributed by atoms with E-state index in [-0.39, 0.29) is 0 Å². The Bertz CT molecular complexity index is 476. The molecule has 0 nitrogen and oxygen atoms in total. The molecule has 0 aromatic carbocycles. The number of hydrogen-bond acceptors (Lipinski definition) is 0. The lowest BCUT2D eigenvalue weighted by Gasteiger charge is -2.11. The van der Waals surface area contributed by atoms with E-state index in [1.165, 1.54) is 22.3 Å². The topological polar surface area (TPSA) is 0 Å².